The van der Waals surface area contributed by atoms with Crippen LogP contribution < -0.4 is 4.90 Å². The minimum absolute atomic E-state index is 0.709. The maximum atomic E-state index is 11.1. The molecule has 0 amide bonds. The molecule has 6 nitrogen and oxygen atoms in total. The van der Waals surface area contributed by atoms with Crippen LogP contribution >= 0.6 is 0 Å². The lowest BCUT2D eigenvalue weighted by Crippen LogP contribution is -3.11. The van der Waals surface area contributed by atoms with E-state index in [1.54, 1.807) is 25.7 Å². The third-order valence-electron chi connectivity index (χ3n) is 2.79. The van der Waals surface area contributed by atoms with Crippen molar-refractivity contribution in [3.05, 3.63) is 0 Å². The first-order valence-corrected chi connectivity index (χ1v) is 8.36. The predicted octanol–water partition coefficient (Wildman–Crippen LogP) is 0.398. The molecule has 0 radical (unpaired) electrons. The maximum absolute atomic E-state index is 11.1. The Morgan fingerprint density at radius 2 is 1.50 bits per heavy atom. The molecule has 0 heterocycles. The Morgan fingerprint density at radius 1 is 1.15 bits per heavy atom. The van der Waals surface area contributed by atoms with Crippen LogP contribution in [0, 0.1) is 5.41 Å². The molecule has 0 aliphatic rings. The lowest BCUT2D eigenvalue weighted by Gasteiger charge is -2.22. The quantitative estimate of drug-likeness (QED) is 0.586. The smallest absolute Gasteiger partial charge is 0.312 e. The zero-order valence-corrected chi connectivity index (χ0v) is 14.5. The first kappa shape index (κ1) is 21.6. The van der Waals surface area contributed by atoms with Gasteiger partial charge >= 0.3 is 5.97 Å². The van der Waals surface area contributed by atoms with Crippen molar-refractivity contribution in [3.8, 4) is 0 Å². The molecule has 0 fully saturated rings. The second-order valence-electron chi connectivity index (χ2n) is 5.53. The van der Waals surface area contributed by atoms with Crippen LogP contribution in [0.25, 0.3) is 0 Å². The Labute approximate surface area is 123 Å². The number of carbonyl (C=O) groups excluding carboxylic acids is 1. The summed E-state index contributed by atoms with van der Waals surface area (Å²) in [6, 6.07) is 0. The summed E-state index contributed by atoms with van der Waals surface area (Å²) in [5.41, 5.74) is -2.43. The molecule has 0 saturated carbocycles. The molecule has 20 heavy (non-hydrogen) atoms. The SMILES string of the molecule is CC(OC(=O)C(C)(C)C)S(=O)(=O)[O-].CC[NH+](CC)CC. The zero-order valence-electron chi connectivity index (χ0n) is 13.6. The molecule has 0 aliphatic carbocycles. The molecule has 0 bridgehead atoms. The van der Waals surface area contributed by atoms with Crippen LogP contribution in [-0.4, -0.2) is 44.0 Å². The van der Waals surface area contributed by atoms with Crippen LogP contribution in [0.4, 0.5) is 0 Å². The Kier molecular flexibility index (Phi) is 10.1. The molecule has 0 spiro atoms. The Morgan fingerprint density at radius 3 is 1.65 bits per heavy atom. The van der Waals surface area contributed by atoms with Crippen LogP contribution in [0.15, 0.2) is 0 Å². The monoisotopic (exact) mass is 311 g/mol. The molecule has 1 unspecified atom stereocenters. The van der Waals surface area contributed by atoms with Crippen molar-refractivity contribution in [1.82, 2.24) is 0 Å². The van der Waals surface area contributed by atoms with Crippen molar-refractivity contribution in [2.45, 2.75) is 53.9 Å². The molecule has 0 saturated heterocycles. The summed E-state index contributed by atoms with van der Waals surface area (Å²) in [5.74, 6) is -0.709. The van der Waals surface area contributed by atoms with E-state index in [1.807, 2.05) is 0 Å². The summed E-state index contributed by atoms with van der Waals surface area (Å²) < 4.78 is 35.5. The van der Waals surface area contributed by atoms with Crippen molar-refractivity contribution in [1.29, 1.82) is 0 Å². The van der Waals surface area contributed by atoms with Crippen molar-refractivity contribution < 1.29 is 27.4 Å². The Hall–Kier alpha value is -0.660. The molecule has 0 aromatic heterocycles. The maximum Gasteiger partial charge on any atom is 0.312 e. The molecular formula is C13H29NO5S. The van der Waals surface area contributed by atoms with Crippen LogP contribution in [0.5, 0.6) is 0 Å². The van der Waals surface area contributed by atoms with E-state index in [2.05, 4.69) is 25.5 Å². The van der Waals surface area contributed by atoms with E-state index in [9.17, 15) is 17.8 Å². The van der Waals surface area contributed by atoms with Gasteiger partial charge in [-0.3, -0.25) is 4.79 Å². The van der Waals surface area contributed by atoms with Crippen LogP contribution in [0.1, 0.15) is 48.5 Å². The molecule has 0 aromatic carbocycles. The third kappa shape index (κ3) is 10.2. The fraction of sp³-hybridized carbons (Fsp3) is 0.923. The van der Waals surface area contributed by atoms with Gasteiger partial charge in [0.25, 0.3) is 0 Å². The van der Waals surface area contributed by atoms with Crippen LogP contribution in [-0.2, 0) is 19.6 Å². The average molecular weight is 311 g/mol. The second-order valence-corrected chi connectivity index (χ2v) is 7.18. The summed E-state index contributed by atoms with van der Waals surface area (Å²) in [4.78, 5) is 12.8. The zero-order chi connectivity index (χ0) is 16.6. The van der Waals surface area contributed by atoms with E-state index in [0.717, 1.165) is 6.92 Å². The number of hydrogen-bond acceptors (Lipinski definition) is 5. The van der Waals surface area contributed by atoms with Gasteiger partial charge in [-0.05, 0) is 48.5 Å². The highest BCUT2D eigenvalue weighted by Gasteiger charge is 2.26. The summed E-state index contributed by atoms with van der Waals surface area (Å²) >= 11 is 0. The van der Waals surface area contributed by atoms with E-state index in [-0.39, 0.29) is 0 Å². The Bertz CT molecular complexity index is 363. The molecule has 1 N–H and O–H groups in total. The second kappa shape index (κ2) is 9.31. The van der Waals surface area contributed by atoms with E-state index in [0.29, 0.717) is 0 Å². The molecule has 1 atom stereocenters. The van der Waals surface area contributed by atoms with Crippen molar-refractivity contribution in [2.75, 3.05) is 19.6 Å². The number of nitrogens with one attached hydrogen (secondary N) is 1. The van der Waals surface area contributed by atoms with Gasteiger partial charge in [0.05, 0.1) is 25.0 Å². The lowest BCUT2D eigenvalue weighted by atomic mass is 9.97. The first-order valence-electron chi connectivity index (χ1n) is 6.89. The van der Waals surface area contributed by atoms with Gasteiger partial charge in [-0.1, -0.05) is 0 Å². The van der Waals surface area contributed by atoms with Crippen molar-refractivity contribution in [3.63, 3.8) is 0 Å². The number of ether oxygens (including phenoxy) is 1. The third-order valence-corrected chi connectivity index (χ3v) is 3.70. The van der Waals surface area contributed by atoms with Crippen LogP contribution in [0.2, 0.25) is 0 Å². The number of quaternary nitrogens is 1. The molecule has 0 aliphatic heterocycles. The fourth-order valence-electron chi connectivity index (χ4n) is 1.14. The Balaban J connectivity index is 0. The first-order chi connectivity index (χ1) is 8.89. The van der Waals surface area contributed by atoms with Gasteiger partial charge in [0.1, 0.15) is 10.1 Å². The van der Waals surface area contributed by atoms with Gasteiger partial charge in [-0.15, -0.1) is 0 Å². The largest absolute Gasteiger partial charge is 0.745 e. The highest BCUT2D eigenvalue weighted by Crippen LogP contribution is 2.17. The lowest BCUT2D eigenvalue weighted by molar-refractivity contribution is -0.894. The normalized spacial score (nSPS) is 13.4. The highest BCUT2D eigenvalue weighted by atomic mass is 32.2. The predicted molar refractivity (Wildman–Crippen MR) is 77.3 cm³/mol. The molecule has 0 rings (SSSR count). The van der Waals surface area contributed by atoms with E-state index in [4.69, 9.17) is 0 Å². The minimum Gasteiger partial charge on any atom is -0.745 e. The van der Waals surface area contributed by atoms with Gasteiger partial charge in [0.2, 0.25) is 0 Å². The molecule has 7 heteroatoms. The number of carbonyl (C=O) groups is 1. The van der Waals surface area contributed by atoms with Gasteiger partial charge in [0.15, 0.2) is 5.44 Å². The van der Waals surface area contributed by atoms with Gasteiger partial charge in [-0.2, -0.15) is 0 Å². The summed E-state index contributed by atoms with van der Waals surface area (Å²) in [5, 5.41) is 0. The fourth-order valence-corrected chi connectivity index (χ4v) is 1.34. The molecule has 122 valence electrons. The van der Waals surface area contributed by atoms with Gasteiger partial charge < -0.3 is 14.2 Å². The molecule has 0 aromatic rings. The van der Waals surface area contributed by atoms with E-state index >= 15 is 0 Å². The highest BCUT2D eigenvalue weighted by molar-refractivity contribution is 7.86. The van der Waals surface area contributed by atoms with Crippen LogP contribution in [0.3, 0.4) is 0 Å². The van der Waals surface area contributed by atoms with Crippen molar-refractivity contribution in [2.24, 2.45) is 5.41 Å². The number of hydrogen-bond donors (Lipinski definition) is 1. The summed E-state index contributed by atoms with van der Waals surface area (Å²) in [6.45, 7) is 16.2. The minimum atomic E-state index is -4.55. The van der Waals surface area contributed by atoms with E-state index < -0.39 is 26.9 Å². The summed E-state index contributed by atoms with van der Waals surface area (Å²) in [7, 11) is -4.55. The number of rotatable bonds is 5. The summed E-state index contributed by atoms with van der Waals surface area (Å²) in [6.07, 6.45) is 0. The number of esters is 1. The van der Waals surface area contributed by atoms with E-state index in [1.165, 1.54) is 19.6 Å². The molecular weight excluding hydrogens is 282 g/mol. The van der Waals surface area contributed by atoms with Gasteiger partial charge in [-0.25, -0.2) is 8.42 Å². The average Bonchev–Trinajstić information content (AvgIpc) is 2.29. The topological polar surface area (TPSA) is 87.9 Å². The van der Waals surface area contributed by atoms with Gasteiger partial charge in [0, 0.05) is 0 Å². The van der Waals surface area contributed by atoms with Crippen molar-refractivity contribution >= 4 is 16.1 Å². The standard InChI is InChI=1S/C7H14O5S.C6H15N/c1-5(13(9,10)11)12-6(8)7(2,3)4;1-4-7(5-2)6-3/h5H,1-4H3,(H,9,10,11);4-6H2,1-3H3.